The third kappa shape index (κ3) is 4.69. The number of ether oxygens (including phenoxy) is 2. The van der Waals surface area contributed by atoms with Gasteiger partial charge in [0, 0.05) is 30.3 Å². The van der Waals surface area contributed by atoms with Crippen LogP contribution in [0.15, 0.2) is 24.3 Å². The van der Waals surface area contributed by atoms with E-state index in [1.165, 1.54) is 18.4 Å². The third-order valence-electron chi connectivity index (χ3n) is 3.64. The monoisotopic (exact) mass is 295 g/mol. The molecule has 3 nitrogen and oxygen atoms in total. The molecule has 112 valence electrons. The SMILES string of the molecule is CCNC(CSC1CCOCC1)c1ccc(OC)cc1. The van der Waals surface area contributed by atoms with Crippen molar-refractivity contribution in [3.8, 4) is 5.75 Å². The highest BCUT2D eigenvalue weighted by Crippen LogP contribution is 2.27. The molecule has 0 amide bonds. The second kappa shape index (κ2) is 8.55. The van der Waals surface area contributed by atoms with Crippen molar-refractivity contribution in [1.29, 1.82) is 0 Å². The lowest BCUT2D eigenvalue weighted by Gasteiger charge is -2.25. The van der Waals surface area contributed by atoms with E-state index < -0.39 is 0 Å². The molecule has 4 heteroatoms. The fourth-order valence-corrected chi connectivity index (χ4v) is 3.73. The molecule has 1 aliphatic heterocycles. The van der Waals surface area contributed by atoms with Crippen molar-refractivity contribution in [2.75, 3.05) is 32.6 Å². The fraction of sp³-hybridized carbons (Fsp3) is 0.625. The zero-order valence-corrected chi connectivity index (χ0v) is 13.2. The van der Waals surface area contributed by atoms with Crippen molar-refractivity contribution in [3.63, 3.8) is 0 Å². The lowest BCUT2D eigenvalue weighted by Crippen LogP contribution is -2.25. The maximum Gasteiger partial charge on any atom is 0.118 e. The van der Waals surface area contributed by atoms with Crippen molar-refractivity contribution in [3.05, 3.63) is 29.8 Å². The Morgan fingerprint density at radius 3 is 2.60 bits per heavy atom. The molecular formula is C16H25NO2S. The van der Waals surface area contributed by atoms with Gasteiger partial charge in [-0.2, -0.15) is 11.8 Å². The quantitative estimate of drug-likeness (QED) is 0.836. The van der Waals surface area contributed by atoms with Crippen LogP contribution in [0.1, 0.15) is 31.4 Å². The first-order chi connectivity index (χ1) is 9.83. The van der Waals surface area contributed by atoms with Gasteiger partial charge in [-0.1, -0.05) is 19.1 Å². The van der Waals surface area contributed by atoms with Gasteiger partial charge in [0.15, 0.2) is 0 Å². The fourth-order valence-electron chi connectivity index (χ4n) is 2.43. The summed E-state index contributed by atoms with van der Waals surface area (Å²) in [5.41, 5.74) is 1.34. The third-order valence-corrected chi connectivity index (χ3v) is 5.10. The molecular weight excluding hydrogens is 270 g/mol. The van der Waals surface area contributed by atoms with E-state index >= 15 is 0 Å². The average molecular weight is 295 g/mol. The summed E-state index contributed by atoms with van der Waals surface area (Å²) in [6.07, 6.45) is 2.37. The van der Waals surface area contributed by atoms with E-state index in [0.717, 1.165) is 36.5 Å². The molecule has 1 heterocycles. The van der Waals surface area contributed by atoms with Crippen LogP contribution in [0.5, 0.6) is 5.75 Å². The van der Waals surface area contributed by atoms with Crippen molar-refractivity contribution in [2.24, 2.45) is 0 Å². The van der Waals surface area contributed by atoms with Gasteiger partial charge in [-0.05, 0) is 37.1 Å². The van der Waals surface area contributed by atoms with Gasteiger partial charge in [0.1, 0.15) is 5.75 Å². The van der Waals surface area contributed by atoms with Crippen LogP contribution in [0.3, 0.4) is 0 Å². The Kier molecular flexibility index (Phi) is 6.70. The van der Waals surface area contributed by atoms with Crippen LogP contribution < -0.4 is 10.1 Å². The summed E-state index contributed by atoms with van der Waals surface area (Å²) >= 11 is 2.08. The second-order valence-electron chi connectivity index (χ2n) is 5.03. The van der Waals surface area contributed by atoms with Crippen molar-refractivity contribution < 1.29 is 9.47 Å². The van der Waals surface area contributed by atoms with Crippen LogP contribution in [0.25, 0.3) is 0 Å². The molecule has 1 saturated heterocycles. The van der Waals surface area contributed by atoms with Crippen LogP contribution in [0.2, 0.25) is 0 Å². The smallest absolute Gasteiger partial charge is 0.118 e. The number of nitrogens with one attached hydrogen (secondary N) is 1. The lowest BCUT2D eigenvalue weighted by atomic mass is 10.1. The number of benzene rings is 1. The van der Waals surface area contributed by atoms with Crippen LogP contribution in [-0.2, 0) is 4.74 Å². The molecule has 20 heavy (non-hydrogen) atoms. The number of methoxy groups -OCH3 is 1. The van der Waals surface area contributed by atoms with Gasteiger partial charge in [0.2, 0.25) is 0 Å². The maximum atomic E-state index is 5.42. The summed E-state index contributed by atoms with van der Waals surface area (Å²) in [7, 11) is 1.71. The zero-order chi connectivity index (χ0) is 14.2. The van der Waals surface area contributed by atoms with Crippen LogP contribution in [0, 0.1) is 0 Å². The summed E-state index contributed by atoms with van der Waals surface area (Å²) < 4.78 is 10.6. The summed E-state index contributed by atoms with van der Waals surface area (Å²) in [6, 6.07) is 8.82. The van der Waals surface area contributed by atoms with Crippen LogP contribution in [-0.4, -0.2) is 37.9 Å². The van der Waals surface area contributed by atoms with Crippen molar-refractivity contribution >= 4 is 11.8 Å². The number of thioether (sulfide) groups is 1. The molecule has 2 rings (SSSR count). The summed E-state index contributed by atoms with van der Waals surface area (Å²) in [4.78, 5) is 0. The van der Waals surface area contributed by atoms with Crippen molar-refractivity contribution in [2.45, 2.75) is 31.1 Å². The molecule has 1 aromatic carbocycles. The Labute approximate surface area is 126 Å². The zero-order valence-electron chi connectivity index (χ0n) is 12.4. The van der Waals surface area contributed by atoms with E-state index in [0.29, 0.717) is 6.04 Å². The summed E-state index contributed by atoms with van der Waals surface area (Å²) in [6.45, 7) is 5.00. The van der Waals surface area contributed by atoms with E-state index in [9.17, 15) is 0 Å². The Hall–Kier alpha value is -0.710. The molecule has 1 atom stereocenters. The Morgan fingerprint density at radius 1 is 1.30 bits per heavy atom. The Balaban J connectivity index is 1.90. The minimum absolute atomic E-state index is 0.416. The van der Waals surface area contributed by atoms with Gasteiger partial charge in [-0.15, -0.1) is 0 Å². The normalized spacial score (nSPS) is 17.9. The molecule has 0 saturated carbocycles. The molecule has 1 unspecified atom stereocenters. The van der Waals surface area contributed by atoms with Crippen LogP contribution in [0.4, 0.5) is 0 Å². The van der Waals surface area contributed by atoms with Crippen LogP contribution >= 0.6 is 11.8 Å². The van der Waals surface area contributed by atoms with Gasteiger partial charge in [0.05, 0.1) is 7.11 Å². The van der Waals surface area contributed by atoms with Gasteiger partial charge in [-0.3, -0.25) is 0 Å². The number of hydrogen-bond acceptors (Lipinski definition) is 4. The highest BCUT2D eigenvalue weighted by atomic mass is 32.2. The highest BCUT2D eigenvalue weighted by molar-refractivity contribution is 7.99. The average Bonchev–Trinajstić information content (AvgIpc) is 2.52. The first-order valence-corrected chi connectivity index (χ1v) is 8.45. The Bertz CT molecular complexity index is 377. The first kappa shape index (κ1) is 15.7. The molecule has 0 aromatic heterocycles. The number of rotatable bonds is 7. The molecule has 0 aliphatic carbocycles. The van der Waals surface area contributed by atoms with Gasteiger partial charge in [0.25, 0.3) is 0 Å². The molecule has 1 aromatic rings. The minimum Gasteiger partial charge on any atom is -0.497 e. The van der Waals surface area contributed by atoms with E-state index in [4.69, 9.17) is 9.47 Å². The maximum absolute atomic E-state index is 5.42. The standard InChI is InChI=1S/C16H25NO2S/c1-3-17-16(12-20-15-8-10-19-11-9-15)13-4-6-14(18-2)7-5-13/h4-7,15-17H,3,8-12H2,1-2H3. The molecule has 1 aliphatic rings. The molecule has 0 spiro atoms. The van der Waals surface area contributed by atoms with E-state index in [-0.39, 0.29) is 0 Å². The predicted molar refractivity (Wildman–Crippen MR) is 85.7 cm³/mol. The topological polar surface area (TPSA) is 30.5 Å². The molecule has 1 fully saturated rings. The minimum atomic E-state index is 0.416. The molecule has 1 N–H and O–H groups in total. The summed E-state index contributed by atoms with van der Waals surface area (Å²) in [5, 5.41) is 4.34. The molecule has 0 bridgehead atoms. The summed E-state index contributed by atoms with van der Waals surface area (Å²) in [5.74, 6) is 2.03. The first-order valence-electron chi connectivity index (χ1n) is 7.40. The number of hydrogen-bond donors (Lipinski definition) is 1. The van der Waals surface area contributed by atoms with Gasteiger partial charge < -0.3 is 14.8 Å². The Morgan fingerprint density at radius 2 is 2.00 bits per heavy atom. The largest absolute Gasteiger partial charge is 0.497 e. The van der Waals surface area contributed by atoms with E-state index in [2.05, 4.69) is 36.1 Å². The predicted octanol–water partition coefficient (Wildman–Crippen LogP) is 3.26. The highest BCUT2D eigenvalue weighted by Gasteiger charge is 2.17. The second-order valence-corrected chi connectivity index (χ2v) is 6.36. The van der Waals surface area contributed by atoms with E-state index in [1.807, 2.05) is 12.1 Å². The van der Waals surface area contributed by atoms with Gasteiger partial charge >= 0.3 is 0 Å². The van der Waals surface area contributed by atoms with Crippen molar-refractivity contribution in [1.82, 2.24) is 5.32 Å². The lowest BCUT2D eigenvalue weighted by molar-refractivity contribution is 0.1000. The molecule has 0 radical (unpaired) electrons. The van der Waals surface area contributed by atoms with E-state index in [1.54, 1.807) is 7.11 Å². The van der Waals surface area contributed by atoms with Gasteiger partial charge in [-0.25, -0.2) is 0 Å².